The van der Waals surface area contributed by atoms with Gasteiger partial charge in [-0.15, -0.1) is 11.3 Å². The van der Waals surface area contributed by atoms with Gasteiger partial charge in [-0.05, 0) is 30.3 Å². The van der Waals surface area contributed by atoms with Gasteiger partial charge in [-0.1, -0.05) is 12.1 Å². The molecule has 0 aliphatic rings. The molecule has 23 heavy (non-hydrogen) atoms. The lowest BCUT2D eigenvalue weighted by Gasteiger charge is -2.17. The highest BCUT2D eigenvalue weighted by atomic mass is 32.1. The molecular weight excluding hydrogens is 315 g/mol. The van der Waals surface area contributed by atoms with Crippen molar-refractivity contribution in [3.05, 3.63) is 59.4 Å². The topological polar surface area (TPSA) is 42.4 Å². The smallest absolute Gasteiger partial charge is 0.253 e. The SMILES string of the molecule is CN(CCOc1ccccc1F)C(=O)c1ccc2ncsc2c1. The van der Waals surface area contributed by atoms with E-state index in [9.17, 15) is 9.18 Å². The number of likely N-dealkylation sites (N-methyl/N-ethyl adjacent to an activating group) is 1. The molecule has 0 unspecified atom stereocenters. The Kier molecular flexibility index (Phi) is 4.52. The quantitative estimate of drug-likeness (QED) is 0.718. The van der Waals surface area contributed by atoms with Crippen LogP contribution in [0.2, 0.25) is 0 Å². The van der Waals surface area contributed by atoms with Crippen molar-refractivity contribution < 1.29 is 13.9 Å². The van der Waals surface area contributed by atoms with E-state index in [1.807, 2.05) is 12.1 Å². The van der Waals surface area contributed by atoms with E-state index in [1.54, 1.807) is 41.7 Å². The van der Waals surface area contributed by atoms with Gasteiger partial charge in [0.25, 0.3) is 5.91 Å². The maximum Gasteiger partial charge on any atom is 0.253 e. The van der Waals surface area contributed by atoms with Crippen LogP contribution in [0.4, 0.5) is 4.39 Å². The third-order valence-electron chi connectivity index (χ3n) is 3.45. The Morgan fingerprint density at radius 2 is 2.13 bits per heavy atom. The van der Waals surface area contributed by atoms with Gasteiger partial charge in [0.15, 0.2) is 11.6 Å². The molecule has 3 aromatic rings. The van der Waals surface area contributed by atoms with Gasteiger partial charge in [-0.25, -0.2) is 9.37 Å². The fourth-order valence-electron chi connectivity index (χ4n) is 2.16. The molecule has 0 radical (unpaired) electrons. The number of carbonyl (C=O) groups excluding carboxylic acids is 1. The number of hydrogen-bond donors (Lipinski definition) is 0. The summed E-state index contributed by atoms with van der Waals surface area (Å²) in [6.45, 7) is 0.597. The standard InChI is InChI=1S/C17H15FN2O2S/c1-20(8-9-22-15-5-3-2-4-13(15)18)17(21)12-6-7-14-16(10-12)23-11-19-14/h2-7,10-11H,8-9H2,1H3. The minimum absolute atomic E-state index is 0.0996. The zero-order chi connectivity index (χ0) is 16.2. The molecular formula is C17H15FN2O2S. The maximum absolute atomic E-state index is 13.4. The molecule has 2 aromatic carbocycles. The lowest BCUT2D eigenvalue weighted by Crippen LogP contribution is -2.30. The van der Waals surface area contributed by atoms with Gasteiger partial charge in [0.05, 0.1) is 22.3 Å². The Hall–Kier alpha value is -2.47. The Balaban J connectivity index is 1.60. The molecule has 0 aliphatic heterocycles. The summed E-state index contributed by atoms with van der Waals surface area (Å²) < 4.78 is 19.8. The number of rotatable bonds is 5. The number of nitrogens with zero attached hydrogens (tertiary/aromatic N) is 2. The third kappa shape index (κ3) is 3.48. The molecule has 0 saturated carbocycles. The summed E-state index contributed by atoms with van der Waals surface area (Å²) >= 11 is 1.50. The second kappa shape index (κ2) is 6.75. The molecule has 0 spiro atoms. The van der Waals surface area contributed by atoms with Crippen molar-refractivity contribution in [2.24, 2.45) is 0 Å². The summed E-state index contributed by atoms with van der Waals surface area (Å²) in [4.78, 5) is 18.2. The van der Waals surface area contributed by atoms with E-state index in [4.69, 9.17) is 4.74 Å². The molecule has 1 heterocycles. The van der Waals surface area contributed by atoms with Crippen LogP contribution in [-0.4, -0.2) is 36.0 Å². The molecule has 0 fully saturated rings. The van der Waals surface area contributed by atoms with Gasteiger partial charge in [0.2, 0.25) is 0 Å². The van der Waals surface area contributed by atoms with Crippen LogP contribution in [0.1, 0.15) is 10.4 Å². The molecule has 6 heteroatoms. The Labute approximate surface area is 137 Å². The number of ether oxygens (including phenoxy) is 1. The second-order valence-corrected chi connectivity index (χ2v) is 5.93. The number of para-hydroxylation sites is 1. The predicted molar refractivity (Wildman–Crippen MR) is 88.5 cm³/mol. The first-order valence-electron chi connectivity index (χ1n) is 7.11. The fourth-order valence-corrected chi connectivity index (χ4v) is 2.88. The molecule has 3 rings (SSSR count). The molecule has 0 aliphatic carbocycles. The van der Waals surface area contributed by atoms with E-state index in [1.165, 1.54) is 17.4 Å². The highest BCUT2D eigenvalue weighted by Crippen LogP contribution is 2.20. The number of carbonyl (C=O) groups is 1. The number of amides is 1. The molecule has 1 aromatic heterocycles. The van der Waals surface area contributed by atoms with Gasteiger partial charge in [0, 0.05) is 12.6 Å². The molecule has 0 saturated heterocycles. The molecule has 0 N–H and O–H groups in total. The van der Waals surface area contributed by atoms with Crippen LogP contribution in [0.5, 0.6) is 5.75 Å². The third-order valence-corrected chi connectivity index (χ3v) is 4.24. The minimum atomic E-state index is -0.405. The first kappa shape index (κ1) is 15.4. The van der Waals surface area contributed by atoms with Crippen molar-refractivity contribution in [1.82, 2.24) is 9.88 Å². The average Bonchev–Trinajstić information content (AvgIpc) is 3.03. The molecule has 1 amide bonds. The molecule has 0 bridgehead atoms. The summed E-state index contributed by atoms with van der Waals surface area (Å²) in [6.07, 6.45) is 0. The van der Waals surface area contributed by atoms with E-state index in [-0.39, 0.29) is 18.3 Å². The number of halogens is 1. The van der Waals surface area contributed by atoms with Gasteiger partial charge in [-0.2, -0.15) is 0 Å². The van der Waals surface area contributed by atoms with Crippen LogP contribution < -0.4 is 4.74 Å². The van der Waals surface area contributed by atoms with E-state index in [2.05, 4.69) is 4.98 Å². The van der Waals surface area contributed by atoms with Crippen LogP contribution in [0.15, 0.2) is 48.0 Å². The van der Waals surface area contributed by atoms with E-state index < -0.39 is 5.82 Å². The summed E-state index contributed by atoms with van der Waals surface area (Å²) in [6, 6.07) is 11.7. The first-order valence-corrected chi connectivity index (χ1v) is 7.99. The number of hydrogen-bond acceptors (Lipinski definition) is 4. The Morgan fingerprint density at radius 3 is 2.96 bits per heavy atom. The first-order chi connectivity index (χ1) is 11.1. The summed E-state index contributed by atoms with van der Waals surface area (Å²) in [5, 5.41) is 0. The number of aromatic nitrogens is 1. The van der Waals surface area contributed by atoms with Crippen LogP contribution >= 0.6 is 11.3 Å². The zero-order valence-electron chi connectivity index (χ0n) is 12.5. The minimum Gasteiger partial charge on any atom is -0.489 e. The normalized spacial score (nSPS) is 10.7. The highest BCUT2D eigenvalue weighted by Gasteiger charge is 2.13. The van der Waals surface area contributed by atoms with E-state index >= 15 is 0 Å². The van der Waals surface area contributed by atoms with Crippen molar-refractivity contribution in [2.75, 3.05) is 20.2 Å². The summed E-state index contributed by atoms with van der Waals surface area (Å²) in [5.41, 5.74) is 3.25. The fraction of sp³-hybridized carbons (Fsp3) is 0.176. The lowest BCUT2D eigenvalue weighted by molar-refractivity contribution is 0.0773. The second-order valence-electron chi connectivity index (χ2n) is 5.04. The number of thiazole rings is 1. The van der Waals surface area contributed by atoms with Gasteiger partial charge < -0.3 is 9.64 Å². The zero-order valence-corrected chi connectivity index (χ0v) is 13.3. The number of benzene rings is 2. The molecule has 0 atom stereocenters. The maximum atomic E-state index is 13.4. The van der Waals surface area contributed by atoms with Gasteiger partial charge in [0.1, 0.15) is 6.61 Å². The van der Waals surface area contributed by atoms with Crippen molar-refractivity contribution in [3.63, 3.8) is 0 Å². The summed E-state index contributed by atoms with van der Waals surface area (Å²) in [7, 11) is 1.70. The van der Waals surface area contributed by atoms with E-state index in [0.29, 0.717) is 12.1 Å². The lowest BCUT2D eigenvalue weighted by atomic mass is 10.2. The van der Waals surface area contributed by atoms with Crippen molar-refractivity contribution in [1.29, 1.82) is 0 Å². The Bertz CT molecular complexity index is 834. The summed E-state index contributed by atoms with van der Waals surface area (Å²) in [5.74, 6) is -0.311. The van der Waals surface area contributed by atoms with Crippen LogP contribution in [-0.2, 0) is 0 Å². The average molecular weight is 330 g/mol. The molecule has 4 nitrogen and oxygen atoms in total. The van der Waals surface area contributed by atoms with Crippen molar-refractivity contribution >= 4 is 27.5 Å². The van der Waals surface area contributed by atoms with Crippen LogP contribution in [0, 0.1) is 5.82 Å². The largest absolute Gasteiger partial charge is 0.489 e. The monoisotopic (exact) mass is 330 g/mol. The number of fused-ring (bicyclic) bond motifs is 1. The van der Waals surface area contributed by atoms with Gasteiger partial charge in [-0.3, -0.25) is 4.79 Å². The van der Waals surface area contributed by atoms with Crippen LogP contribution in [0.25, 0.3) is 10.2 Å². The van der Waals surface area contributed by atoms with Gasteiger partial charge >= 0.3 is 0 Å². The van der Waals surface area contributed by atoms with E-state index in [0.717, 1.165) is 10.2 Å². The highest BCUT2D eigenvalue weighted by molar-refractivity contribution is 7.16. The predicted octanol–water partition coefficient (Wildman–Crippen LogP) is 3.59. The van der Waals surface area contributed by atoms with Crippen LogP contribution in [0.3, 0.4) is 0 Å². The molecule has 118 valence electrons. The Morgan fingerprint density at radius 1 is 1.30 bits per heavy atom. The van der Waals surface area contributed by atoms with Crippen molar-refractivity contribution in [3.8, 4) is 5.75 Å². The van der Waals surface area contributed by atoms with Crippen molar-refractivity contribution in [2.45, 2.75) is 0 Å².